The van der Waals surface area contributed by atoms with Crippen LogP contribution in [0, 0.1) is 0 Å². The van der Waals surface area contributed by atoms with Crippen LogP contribution in [0.4, 0.5) is 5.69 Å². The molecule has 0 bridgehead atoms. The molecule has 0 aromatic heterocycles. The van der Waals surface area contributed by atoms with E-state index in [4.69, 9.17) is 21.3 Å². The van der Waals surface area contributed by atoms with Gasteiger partial charge in [-0.05, 0) is 31.9 Å². The smallest absolute Gasteiger partial charge is 0.161 e. The Morgan fingerprint density at radius 3 is 3.00 bits per heavy atom. The number of aliphatic imine (C=N–C) groups is 1. The maximum Gasteiger partial charge on any atom is 0.161 e. The molecule has 1 atom stereocenters. The van der Waals surface area contributed by atoms with E-state index in [-0.39, 0.29) is 5.54 Å². The van der Waals surface area contributed by atoms with Crippen molar-refractivity contribution >= 4 is 34.2 Å². The molecule has 1 aliphatic heterocycles. The third kappa shape index (κ3) is 3.57. The fourth-order valence-corrected chi connectivity index (χ4v) is 3.29. The maximum absolute atomic E-state index is 6.02. The van der Waals surface area contributed by atoms with Crippen LogP contribution in [0.3, 0.4) is 0 Å². The molecule has 0 aliphatic carbocycles. The summed E-state index contributed by atoms with van der Waals surface area (Å²) in [6.07, 6.45) is 2.19. The monoisotopic (exact) mass is 298 g/mol. The summed E-state index contributed by atoms with van der Waals surface area (Å²) < 4.78 is 5.22. The number of thioether (sulfide) groups is 1. The van der Waals surface area contributed by atoms with E-state index in [1.165, 1.54) is 0 Å². The molecule has 2 rings (SSSR count). The van der Waals surface area contributed by atoms with Gasteiger partial charge in [0.05, 0.1) is 17.7 Å². The number of benzene rings is 1. The fraction of sp³-hybridized carbons (Fsp3) is 0.500. The minimum atomic E-state index is 0.0596. The van der Waals surface area contributed by atoms with Gasteiger partial charge in [0, 0.05) is 17.5 Å². The zero-order valence-corrected chi connectivity index (χ0v) is 13.1. The molecule has 0 radical (unpaired) electrons. The van der Waals surface area contributed by atoms with Crippen LogP contribution >= 0.6 is 23.4 Å². The van der Waals surface area contributed by atoms with Crippen LogP contribution in [0.15, 0.2) is 23.2 Å². The second-order valence-electron chi connectivity index (χ2n) is 4.84. The minimum Gasteiger partial charge on any atom is -0.495 e. The molecule has 3 nitrogen and oxygen atoms in total. The van der Waals surface area contributed by atoms with Crippen molar-refractivity contribution < 1.29 is 4.74 Å². The third-order valence-corrected chi connectivity index (χ3v) is 4.60. The predicted molar refractivity (Wildman–Crippen MR) is 84.8 cm³/mol. The Morgan fingerprint density at radius 1 is 1.53 bits per heavy atom. The van der Waals surface area contributed by atoms with Gasteiger partial charge in [-0.3, -0.25) is 4.99 Å². The molecule has 0 fully saturated rings. The molecule has 0 saturated carbocycles. The van der Waals surface area contributed by atoms with Crippen LogP contribution in [-0.2, 0) is 0 Å². The summed E-state index contributed by atoms with van der Waals surface area (Å²) in [7, 11) is 1.62. The summed E-state index contributed by atoms with van der Waals surface area (Å²) in [6.45, 7) is 4.39. The first kappa shape index (κ1) is 14.5. The predicted octanol–water partition coefficient (Wildman–Crippen LogP) is 4.42. The molecule has 1 unspecified atom stereocenters. The van der Waals surface area contributed by atoms with Gasteiger partial charge in [-0.25, -0.2) is 0 Å². The quantitative estimate of drug-likeness (QED) is 0.896. The van der Waals surface area contributed by atoms with Crippen molar-refractivity contribution in [3.05, 3.63) is 23.2 Å². The Morgan fingerprint density at radius 2 is 2.32 bits per heavy atom. The van der Waals surface area contributed by atoms with Crippen LogP contribution in [0.5, 0.6) is 5.75 Å². The van der Waals surface area contributed by atoms with Gasteiger partial charge in [0.2, 0.25) is 0 Å². The van der Waals surface area contributed by atoms with Crippen molar-refractivity contribution in [3.63, 3.8) is 0 Å². The second-order valence-corrected chi connectivity index (χ2v) is 6.33. The number of halogens is 1. The van der Waals surface area contributed by atoms with Crippen molar-refractivity contribution in [2.75, 3.05) is 18.2 Å². The highest BCUT2D eigenvalue weighted by Gasteiger charge is 2.25. The first-order valence-electron chi connectivity index (χ1n) is 6.39. The molecule has 1 aromatic rings. The Labute approximate surface area is 123 Å². The molecule has 1 aromatic carbocycles. The van der Waals surface area contributed by atoms with E-state index in [0.717, 1.165) is 29.4 Å². The molecule has 19 heavy (non-hydrogen) atoms. The highest BCUT2D eigenvalue weighted by Crippen LogP contribution is 2.31. The van der Waals surface area contributed by atoms with Crippen molar-refractivity contribution in [2.45, 2.75) is 32.2 Å². The van der Waals surface area contributed by atoms with Crippen LogP contribution in [0.1, 0.15) is 26.7 Å². The average molecular weight is 299 g/mol. The fourth-order valence-electron chi connectivity index (χ4n) is 1.88. The number of anilines is 1. The summed E-state index contributed by atoms with van der Waals surface area (Å²) in [5.41, 5.74) is 1.01. The lowest BCUT2D eigenvalue weighted by atomic mass is 9.97. The number of amidine groups is 1. The zero-order chi connectivity index (χ0) is 13.9. The van der Waals surface area contributed by atoms with Crippen LogP contribution < -0.4 is 10.1 Å². The van der Waals surface area contributed by atoms with Crippen LogP contribution in [-0.4, -0.2) is 23.6 Å². The summed E-state index contributed by atoms with van der Waals surface area (Å²) >= 11 is 7.78. The zero-order valence-electron chi connectivity index (χ0n) is 11.5. The average Bonchev–Trinajstić information content (AvgIpc) is 2.41. The van der Waals surface area contributed by atoms with E-state index < -0.39 is 0 Å². The highest BCUT2D eigenvalue weighted by atomic mass is 35.5. The van der Waals surface area contributed by atoms with Gasteiger partial charge in [-0.2, -0.15) is 0 Å². The molecular formula is C14H19ClN2OS. The van der Waals surface area contributed by atoms with Gasteiger partial charge in [0.15, 0.2) is 5.17 Å². The van der Waals surface area contributed by atoms with Crippen molar-refractivity contribution in [3.8, 4) is 5.75 Å². The second kappa shape index (κ2) is 6.06. The molecule has 0 spiro atoms. The summed E-state index contributed by atoms with van der Waals surface area (Å²) in [4.78, 5) is 4.80. The molecule has 1 aliphatic rings. The standard InChI is InChI=1S/C14H19ClN2OS/c1-4-14(2)7-8-19-13(17-14)16-10-5-6-11(15)12(9-10)18-3/h5-6,9H,4,7-8H2,1-3H3,(H,16,17). The number of ether oxygens (including phenoxy) is 1. The van der Waals surface area contributed by atoms with E-state index in [9.17, 15) is 0 Å². The van der Waals surface area contributed by atoms with Gasteiger partial charge in [0.1, 0.15) is 5.75 Å². The van der Waals surface area contributed by atoms with E-state index in [1.54, 1.807) is 18.9 Å². The first-order chi connectivity index (χ1) is 9.06. The number of nitrogens with zero attached hydrogens (tertiary/aromatic N) is 1. The molecular weight excluding hydrogens is 280 g/mol. The highest BCUT2D eigenvalue weighted by molar-refractivity contribution is 8.14. The Kier molecular flexibility index (Phi) is 4.63. The molecule has 104 valence electrons. The lowest BCUT2D eigenvalue weighted by Crippen LogP contribution is -2.29. The topological polar surface area (TPSA) is 33.6 Å². The van der Waals surface area contributed by atoms with Crippen LogP contribution in [0.2, 0.25) is 5.02 Å². The molecule has 5 heteroatoms. The van der Waals surface area contributed by atoms with Crippen molar-refractivity contribution in [2.24, 2.45) is 4.99 Å². The SMILES string of the molecule is CCC1(C)CCSC(Nc2ccc(Cl)c(OC)c2)=N1. The van der Waals surface area contributed by atoms with Crippen LogP contribution in [0.25, 0.3) is 0 Å². The summed E-state index contributed by atoms with van der Waals surface area (Å²) in [6, 6.07) is 5.66. The van der Waals surface area contributed by atoms with Crippen molar-refractivity contribution in [1.29, 1.82) is 0 Å². The normalized spacial score (nSPS) is 22.8. The number of methoxy groups -OCH3 is 1. The molecule has 0 amide bonds. The van der Waals surface area contributed by atoms with Gasteiger partial charge >= 0.3 is 0 Å². The Hall–Kier alpha value is -0.870. The maximum atomic E-state index is 6.02. The van der Waals surface area contributed by atoms with Gasteiger partial charge < -0.3 is 10.1 Å². The molecule has 1 N–H and O–H groups in total. The number of hydrogen-bond donors (Lipinski definition) is 1. The summed E-state index contributed by atoms with van der Waals surface area (Å²) in [5.74, 6) is 1.77. The number of nitrogens with one attached hydrogen (secondary N) is 1. The third-order valence-electron chi connectivity index (χ3n) is 3.41. The lowest BCUT2D eigenvalue weighted by molar-refractivity contribution is 0.415. The molecule has 1 heterocycles. The van der Waals surface area contributed by atoms with Crippen molar-refractivity contribution in [1.82, 2.24) is 0 Å². The Bertz CT molecular complexity index is 492. The summed E-state index contributed by atoms with van der Waals surface area (Å²) in [5, 5.41) is 4.93. The van der Waals surface area contributed by atoms with E-state index in [1.807, 2.05) is 18.2 Å². The number of hydrogen-bond acceptors (Lipinski definition) is 4. The van der Waals surface area contributed by atoms with Gasteiger partial charge in [-0.1, -0.05) is 30.3 Å². The van der Waals surface area contributed by atoms with Gasteiger partial charge in [0.25, 0.3) is 0 Å². The van der Waals surface area contributed by atoms with Gasteiger partial charge in [-0.15, -0.1) is 0 Å². The van der Waals surface area contributed by atoms with E-state index >= 15 is 0 Å². The Balaban J connectivity index is 2.17. The van der Waals surface area contributed by atoms with E-state index in [2.05, 4.69) is 19.2 Å². The van der Waals surface area contributed by atoms with E-state index in [0.29, 0.717) is 10.8 Å². The lowest BCUT2D eigenvalue weighted by Gasteiger charge is -2.29. The number of rotatable bonds is 3. The molecule has 0 saturated heterocycles. The minimum absolute atomic E-state index is 0.0596. The largest absolute Gasteiger partial charge is 0.495 e. The first-order valence-corrected chi connectivity index (χ1v) is 7.76.